The lowest BCUT2D eigenvalue weighted by Crippen LogP contribution is -2.15. The molecule has 0 amide bonds. The number of aromatic carboxylic acids is 1. The number of aryl methyl sites for hydroxylation is 1. The molecule has 4 nitrogen and oxygen atoms in total. The van der Waals surface area contributed by atoms with Crippen LogP contribution < -0.4 is 0 Å². The normalized spacial score (nSPS) is 11.6. The van der Waals surface area contributed by atoms with Crippen LogP contribution in [0.15, 0.2) is 30.3 Å². The van der Waals surface area contributed by atoms with Crippen molar-refractivity contribution in [3.63, 3.8) is 0 Å². The predicted molar refractivity (Wildman–Crippen MR) is 64.5 cm³/mol. The highest BCUT2D eigenvalue weighted by Crippen LogP contribution is 2.30. The smallest absolute Gasteiger partial charge is 0.433 e. The zero-order valence-electron chi connectivity index (χ0n) is 10.5. The van der Waals surface area contributed by atoms with Gasteiger partial charge in [-0.1, -0.05) is 29.8 Å². The van der Waals surface area contributed by atoms with Crippen molar-refractivity contribution in [2.45, 2.75) is 19.6 Å². The second-order valence-corrected chi connectivity index (χ2v) is 4.36. The van der Waals surface area contributed by atoms with Gasteiger partial charge in [0.15, 0.2) is 5.69 Å². The molecular weight excluding hydrogens is 273 g/mol. The molecule has 0 aliphatic rings. The Balaban J connectivity index is 2.39. The van der Waals surface area contributed by atoms with Crippen LogP contribution in [-0.2, 0) is 12.7 Å². The molecule has 0 unspecified atom stereocenters. The Morgan fingerprint density at radius 2 is 1.90 bits per heavy atom. The third kappa shape index (κ3) is 2.98. The van der Waals surface area contributed by atoms with Crippen molar-refractivity contribution in [3.8, 4) is 0 Å². The second kappa shape index (κ2) is 4.99. The summed E-state index contributed by atoms with van der Waals surface area (Å²) >= 11 is 0. The Labute approximate surface area is 112 Å². The maximum atomic E-state index is 12.8. The maximum absolute atomic E-state index is 12.8. The minimum atomic E-state index is -4.65. The van der Waals surface area contributed by atoms with E-state index in [1.165, 1.54) is 0 Å². The average molecular weight is 284 g/mol. The number of hydrogen-bond donors (Lipinski definition) is 1. The van der Waals surface area contributed by atoms with Gasteiger partial charge in [0.25, 0.3) is 0 Å². The molecular formula is C13H11F3N2O2. The lowest BCUT2D eigenvalue weighted by atomic mass is 10.1. The van der Waals surface area contributed by atoms with Gasteiger partial charge in [0.1, 0.15) is 5.69 Å². The van der Waals surface area contributed by atoms with Gasteiger partial charge < -0.3 is 5.11 Å². The fourth-order valence-electron chi connectivity index (χ4n) is 1.74. The number of halogens is 3. The molecule has 20 heavy (non-hydrogen) atoms. The van der Waals surface area contributed by atoms with Gasteiger partial charge in [-0.05, 0) is 12.5 Å². The lowest BCUT2D eigenvalue weighted by Gasteiger charge is -2.10. The number of aromatic nitrogens is 2. The number of hydrogen-bond acceptors (Lipinski definition) is 2. The van der Waals surface area contributed by atoms with Crippen molar-refractivity contribution >= 4 is 5.97 Å². The monoisotopic (exact) mass is 284 g/mol. The van der Waals surface area contributed by atoms with Crippen molar-refractivity contribution in [1.82, 2.24) is 9.78 Å². The van der Waals surface area contributed by atoms with E-state index in [-0.39, 0.29) is 6.54 Å². The van der Waals surface area contributed by atoms with E-state index in [9.17, 15) is 18.0 Å². The van der Waals surface area contributed by atoms with Gasteiger partial charge in [-0.25, -0.2) is 4.79 Å². The van der Waals surface area contributed by atoms with E-state index < -0.39 is 23.5 Å². The quantitative estimate of drug-likeness (QED) is 0.942. The van der Waals surface area contributed by atoms with Gasteiger partial charge >= 0.3 is 12.1 Å². The highest BCUT2D eigenvalue weighted by Gasteiger charge is 2.36. The molecule has 2 aromatic rings. The molecule has 0 atom stereocenters. The molecule has 0 aliphatic heterocycles. The van der Waals surface area contributed by atoms with Crippen LogP contribution in [0.1, 0.15) is 27.3 Å². The number of carboxylic acids is 1. The lowest BCUT2D eigenvalue weighted by molar-refractivity contribution is -0.144. The first-order valence-electron chi connectivity index (χ1n) is 5.71. The number of benzene rings is 1. The van der Waals surface area contributed by atoms with Crippen molar-refractivity contribution in [3.05, 3.63) is 52.8 Å². The first kappa shape index (κ1) is 14.1. The van der Waals surface area contributed by atoms with Gasteiger partial charge in [-0.3, -0.25) is 4.68 Å². The summed E-state index contributed by atoms with van der Waals surface area (Å²) in [6.07, 6.45) is -4.65. The molecule has 0 fully saturated rings. The standard InChI is InChI=1S/C13H11F3N2O2/c1-8-2-4-9(5-3-8)7-18-11(13(14,15)16)6-10(17-18)12(19)20/h2-6H,7H2,1H3,(H,19,20). The molecule has 1 aromatic carbocycles. The minimum Gasteiger partial charge on any atom is -0.476 e. The van der Waals surface area contributed by atoms with Crippen LogP contribution >= 0.6 is 0 Å². The van der Waals surface area contributed by atoms with Gasteiger partial charge in [0, 0.05) is 6.07 Å². The molecule has 0 saturated heterocycles. The van der Waals surface area contributed by atoms with Crippen LogP contribution in [0.25, 0.3) is 0 Å². The molecule has 0 radical (unpaired) electrons. The fourth-order valence-corrected chi connectivity index (χ4v) is 1.74. The summed E-state index contributed by atoms with van der Waals surface area (Å²) in [4.78, 5) is 10.7. The van der Waals surface area contributed by atoms with Crippen LogP contribution in [-0.4, -0.2) is 20.9 Å². The van der Waals surface area contributed by atoms with Crippen LogP contribution in [0.2, 0.25) is 0 Å². The SMILES string of the molecule is Cc1ccc(Cn2nc(C(=O)O)cc2C(F)(F)F)cc1. The Hall–Kier alpha value is -2.31. The largest absolute Gasteiger partial charge is 0.476 e. The van der Waals surface area contributed by atoms with Crippen LogP contribution in [0.4, 0.5) is 13.2 Å². The molecule has 0 spiro atoms. The van der Waals surface area contributed by atoms with Crippen LogP contribution in [0.5, 0.6) is 0 Å². The van der Waals surface area contributed by atoms with Gasteiger partial charge in [-0.15, -0.1) is 0 Å². The Morgan fingerprint density at radius 1 is 1.30 bits per heavy atom. The van der Waals surface area contributed by atoms with Crippen molar-refractivity contribution < 1.29 is 23.1 Å². The van der Waals surface area contributed by atoms with Crippen LogP contribution in [0.3, 0.4) is 0 Å². The number of rotatable bonds is 3. The van der Waals surface area contributed by atoms with E-state index in [1.807, 2.05) is 6.92 Å². The molecule has 0 aliphatic carbocycles. The molecule has 0 saturated carbocycles. The summed E-state index contributed by atoms with van der Waals surface area (Å²) in [6, 6.07) is 7.43. The zero-order valence-corrected chi connectivity index (χ0v) is 10.5. The topological polar surface area (TPSA) is 55.1 Å². The summed E-state index contributed by atoms with van der Waals surface area (Å²) in [5.74, 6) is -1.49. The van der Waals surface area contributed by atoms with Crippen molar-refractivity contribution in [1.29, 1.82) is 0 Å². The van der Waals surface area contributed by atoms with E-state index >= 15 is 0 Å². The average Bonchev–Trinajstić information content (AvgIpc) is 2.76. The van der Waals surface area contributed by atoms with Crippen molar-refractivity contribution in [2.24, 2.45) is 0 Å². The Bertz CT molecular complexity index is 630. The van der Waals surface area contributed by atoms with Gasteiger partial charge in [0.2, 0.25) is 0 Å². The molecule has 1 aromatic heterocycles. The Kier molecular flexibility index (Phi) is 3.52. The zero-order chi connectivity index (χ0) is 14.9. The van der Waals surface area contributed by atoms with E-state index in [0.29, 0.717) is 16.3 Å². The summed E-state index contributed by atoms with van der Waals surface area (Å²) < 4.78 is 39.2. The maximum Gasteiger partial charge on any atom is 0.433 e. The van der Waals surface area contributed by atoms with E-state index in [1.54, 1.807) is 24.3 Å². The van der Waals surface area contributed by atoms with E-state index in [2.05, 4.69) is 5.10 Å². The third-order valence-electron chi connectivity index (χ3n) is 2.74. The summed E-state index contributed by atoms with van der Waals surface area (Å²) in [5, 5.41) is 12.2. The van der Waals surface area contributed by atoms with Crippen LogP contribution in [0, 0.1) is 6.92 Å². The number of carbonyl (C=O) groups is 1. The molecule has 0 bridgehead atoms. The third-order valence-corrected chi connectivity index (χ3v) is 2.74. The predicted octanol–water partition coefficient (Wildman–Crippen LogP) is 2.96. The molecule has 2 rings (SSSR count). The minimum absolute atomic E-state index is 0.137. The highest BCUT2D eigenvalue weighted by atomic mass is 19.4. The number of alkyl halides is 3. The van der Waals surface area contributed by atoms with Gasteiger partial charge in [0.05, 0.1) is 6.54 Å². The summed E-state index contributed by atoms with van der Waals surface area (Å²) in [5.41, 5.74) is -0.0995. The Morgan fingerprint density at radius 3 is 2.40 bits per heavy atom. The van der Waals surface area contributed by atoms with E-state index in [4.69, 9.17) is 5.11 Å². The molecule has 1 heterocycles. The number of carboxylic acid groups (broad SMARTS) is 1. The highest BCUT2D eigenvalue weighted by molar-refractivity contribution is 5.85. The van der Waals surface area contributed by atoms with E-state index in [0.717, 1.165) is 5.56 Å². The first-order chi connectivity index (χ1) is 9.27. The first-order valence-corrected chi connectivity index (χ1v) is 5.71. The van der Waals surface area contributed by atoms with Crippen molar-refractivity contribution in [2.75, 3.05) is 0 Å². The molecule has 7 heteroatoms. The van der Waals surface area contributed by atoms with Gasteiger partial charge in [-0.2, -0.15) is 18.3 Å². The second-order valence-electron chi connectivity index (χ2n) is 4.36. The molecule has 106 valence electrons. The summed E-state index contributed by atoms with van der Waals surface area (Å²) in [6.45, 7) is 1.73. The molecule has 1 N–H and O–H groups in total. The fraction of sp³-hybridized carbons (Fsp3) is 0.231. The summed E-state index contributed by atoms with van der Waals surface area (Å²) in [7, 11) is 0. The number of nitrogens with zero attached hydrogens (tertiary/aromatic N) is 2.